The van der Waals surface area contributed by atoms with Gasteiger partial charge in [0.05, 0.1) is 14.9 Å². The van der Waals surface area contributed by atoms with Crippen molar-refractivity contribution in [2.24, 2.45) is 0 Å². The molecular formula is C29H23BrN2O6S. The summed E-state index contributed by atoms with van der Waals surface area (Å²) in [5.74, 6) is -1.22. The Balaban J connectivity index is 1.22. The van der Waals surface area contributed by atoms with Gasteiger partial charge in [-0.3, -0.25) is 19.3 Å². The number of hydrogen-bond acceptors (Lipinski definition) is 6. The highest BCUT2D eigenvalue weighted by Gasteiger charge is 2.37. The number of aromatic carboxylic acids is 1. The van der Waals surface area contributed by atoms with E-state index in [0.717, 1.165) is 28.6 Å². The molecule has 3 aromatic carbocycles. The van der Waals surface area contributed by atoms with Crippen LogP contribution in [0, 0.1) is 0 Å². The van der Waals surface area contributed by atoms with Crippen LogP contribution in [0.5, 0.6) is 5.75 Å². The van der Waals surface area contributed by atoms with Gasteiger partial charge in [0.1, 0.15) is 18.9 Å². The number of thioether (sulfide) groups is 1. The zero-order chi connectivity index (χ0) is 27.5. The zero-order valence-electron chi connectivity index (χ0n) is 20.6. The molecule has 5 rings (SSSR count). The Morgan fingerprint density at radius 1 is 1.03 bits per heavy atom. The molecule has 1 fully saturated rings. The van der Waals surface area contributed by atoms with Crippen LogP contribution in [0.1, 0.15) is 32.6 Å². The first-order valence-corrected chi connectivity index (χ1v) is 13.7. The van der Waals surface area contributed by atoms with E-state index in [0.29, 0.717) is 34.4 Å². The molecule has 8 nitrogen and oxygen atoms in total. The molecule has 10 heteroatoms. The number of halogens is 1. The number of hydrogen-bond donors (Lipinski definition) is 1. The molecule has 2 aliphatic heterocycles. The molecule has 3 aromatic rings. The molecular weight excluding hydrogens is 584 g/mol. The highest BCUT2D eigenvalue weighted by atomic mass is 79.9. The van der Waals surface area contributed by atoms with Gasteiger partial charge >= 0.3 is 5.97 Å². The van der Waals surface area contributed by atoms with Crippen LogP contribution in [0.15, 0.2) is 76.1 Å². The summed E-state index contributed by atoms with van der Waals surface area (Å²) in [6, 6.07) is 19.7. The number of carboxylic acid groups (broad SMARTS) is 1. The molecule has 0 unspecified atom stereocenters. The Hall–Kier alpha value is -3.89. The fraction of sp³-hybridized carbons (Fsp3) is 0.172. The SMILES string of the molecule is O=C(O)c1cccc(COc2ccc(/C=C3\SC(=O)N(CC(=O)N4CCc5ccccc5C4)C3=O)cc2Br)c1. The van der Waals surface area contributed by atoms with Crippen molar-refractivity contribution in [3.05, 3.63) is 104 Å². The van der Waals surface area contributed by atoms with Crippen LogP contribution in [-0.2, 0) is 29.2 Å². The van der Waals surface area contributed by atoms with Gasteiger partial charge < -0.3 is 14.7 Å². The lowest BCUT2D eigenvalue weighted by atomic mass is 10.00. The molecule has 0 aromatic heterocycles. The molecule has 3 amide bonds. The van der Waals surface area contributed by atoms with E-state index >= 15 is 0 Å². The van der Waals surface area contributed by atoms with Crippen molar-refractivity contribution in [1.29, 1.82) is 0 Å². The van der Waals surface area contributed by atoms with E-state index in [2.05, 4.69) is 22.0 Å². The van der Waals surface area contributed by atoms with Crippen molar-refractivity contribution in [3.63, 3.8) is 0 Å². The maximum Gasteiger partial charge on any atom is 0.335 e. The second-order valence-corrected chi connectivity index (χ2v) is 10.9. The van der Waals surface area contributed by atoms with Gasteiger partial charge in [-0.15, -0.1) is 0 Å². The second kappa shape index (κ2) is 11.5. The predicted octanol–water partition coefficient (Wildman–Crippen LogP) is 5.35. The van der Waals surface area contributed by atoms with Crippen molar-refractivity contribution in [2.45, 2.75) is 19.6 Å². The van der Waals surface area contributed by atoms with E-state index in [4.69, 9.17) is 9.84 Å². The maximum atomic E-state index is 13.0. The molecule has 0 radical (unpaired) electrons. The molecule has 198 valence electrons. The summed E-state index contributed by atoms with van der Waals surface area (Å²) >= 11 is 4.28. The van der Waals surface area contributed by atoms with Crippen molar-refractivity contribution in [1.82, 2.24) is 9.80 Å². The normalized spacial score (nSPS) is 16.0. The van der Waals surface area contributed by atoms with Gasteiger partial charge in [-0.1, -0.05) is 42.5 Å². The fourth-order valence-corrected chi connectivity index (χ4v) is 5.76. The minimum absolute atomic E-state index is 0.175. The summed E-state index contributed by atoms with van der Waals surface area (Å²) in [5.41, 5.74) is 3.86. The smallest absolute Gasteiger partial charge is 0.335 e. The summed E-state index contributed by atoms with van der Waals surface area (Å²) < 4.78 is 6.45. The van der Waals surface area contributed by atoms with E-state index < -0.39 is 17.1 Å². The maximum absolute atomic E-state index is 13.0. The number of amides is 3. The molecule has 0 spiro atoms. The van der Waals surface area contributed by atoms with E-state index in [-0.39, 0.29) is 29.5 Å². The average molecular weight is 607 g/mol. The van der Waals surface area contributed by atoms with Crippen LogP contribution >= 0.6 is 27.7 Å². The average Bonchev–Trinajstić information content (AvgIpc) is 3.19. The number of rotatable bonds is 7. The summed E-state index contributed by atoms with van der Waals surface area (Å²) in [5, 5.41) is 8.68. The van der Waals surface area contributed by atoms with Crippen LogP contribution in [-0.4, -0.2) is 51.0 Å². The van der Waals surface area contributed by atoms with Crippen LogP contribution in [0.3, 0.4) is 0 Å². The van der Waals surface area contributed by atoms with E-state index in [1.54, 1.807) is 47.4 Å². The minimum Gasteiger partial charge on any atom is -0.488 e. The Kier molecular flexibility index (Phi) is 7.85. The second-order valence-electron chi connectivity index (χ2n) is 9.09. The van der Waals surface area contributed by atoms with E-state index in [1.165, 1.54) is 11.6 Å². The zero-order valence-corrected chi connectivity index (χ0v) is 23.0. The van der Waals surface area contributed by atoms with Crippen LogP contribution < -0.4 is 4.74 Å². The number of carbonyl (C=O) groups excluding carboxylic acids is 3. The van der Waals surface area contributed by atoms with Crippen molar-refractivity contribution >= 4 is 56.8 Å². The van der Waals surface area contributed by atoms with Gasteiger partial charge in [0.15, 0.2) is 0 Å². The van der Waals surface area contributed by atoms with Crippen molar-refractivity contribution < 1.29 is 29.0 Å². The van der Waals surface area contributed by atoms with Crippen molar-refractivity contribution in [2.75, 3.05) is 13.1 Å². The van der Waals surface area contributed by atoms with Gasteiger partial charge in [-0.2, -0.15) is 0 Å². The summed E-state index contributed by atoms with van der Waals surface area (Å²) in [6.07, 6.45) is 2.35. The number of carbonyl (C=O) groups is 4. The van der Waals surface area contributed by atoms with E-state index in [9.17, 15) is 19.2 Å². The molecule has 0 atom stereocenters. The molecule has 0 aliphatic carbocycles. The number of imide groups is 1. The van der Waals surface area contributed by atoms with Gasteiger partial charge in [-0.05, 0) is 86.7 Å². The van der Waals surface area contributed by atoms with Gasteiger partial charge in [0.2, 0.25) is 5.91 Å². The first-order valence-electron chi connectivity index (χ1n) is 12.1. The van der Waals surface area contributed by atoms with E-state index in [1.807, 2.05) is 18.2 Å². The number of nitrogens with zero attached hydrogens (tertiary/aromatic N) is 2. The highest BCUT2D eigenvalue weighted by Crippen LogP contribution is 2.34. The molecule has 39 heavy (non-hydrogen) atoms. The Morgan fingerprint density at radius 2 is 1.82 bits per heavy atom. The molecule has 1 saturated heterocycles. The number of carboxylic acids is 1. The number of benzene rings is 3. The lowest BCUT2D eigenvalue weighted by Crippen LogP contribution is -2.44. The fourth-order valence-electron chi connectivity index (χ4n) is 4.41. The largest absolute Gasteiger partial charge is 0.488 e. The minimum atomic E-state index is -1.01. The number of ether oxygens (including phenoxy) is 1. The summed E-state index contributed by atoms with van der Waals surface area (Å²) in [4.78, 5) is 52.6. The lowest BCUT2D eigenvalue weighted by Gasteiger charge is -2.29. The number of fused-ring (bicyclic) bond motifs is 1. The van der Waals surface area contributed by atoms with Gasteiger partial charge in [0.25, 0.3) is 11.1 Å². The van der Waals surface area contributed by atoms with Crippen LogP contribution in [0.25, 0.3) is 6.08 Å². The molecule has 0 saturated carbocycles. The third kappa shape index (κ3) is 6.07. The van der Waals surface area contributed by atoms with Crippen LogP contribution in [0.4, 0.5) is 4.79 Å². The first-order chi connectivity index (χ1) is 18.8. The Morgan fingerprint density at radius 3 is 2.59 bits per heavy atom. The topological polar surface area (TPSA) is 104 Å². The summed E-state index contributed by atoms with van der Waals surface area (Å²) in [7, 11) is 0. The summed E-state index contributed by atoms with van der Waals surface area (Å²) in [6.45, 7) is 0.905. The third-order valence-corrected chi connectivity index (χ3v) is 8.00. The lowest BCUT2D eigenvalue weighted by molar-refractivity contribution is -0.136. The Labute approximate surface area is 237 Å². The van der Waals surface area contributed by atoms with Crippen molar-refractivity contribution in [3.8, 4) is 5.75 Å². The van der Waals surface area contributed by atoms with Gasteiger partial charge in [-0.25, -0.2) is 4.79 Å². The van der Waals surface area contributed by atoms with Gasteiger partial charge in [0, 0.05) is 13.1 Å². The predicted molar refractivity (Wildman–Crippen MR) is 150 cm³/mol. The molecule has 0 bridgehead atoms. The molecule has 1 N–H and O–H groups in total. The highest BCUT2D eigenvalue weighted by molar-refractivity contribution is 9.10. The van der Waals surface area contributed by atoms with Crippen LogP contribution in [0.2, 0.25) is 0 Å². The standard InChI is InChI=1S/C29H23BrN2O6S/c30-23-13-18(8-9-24(23)38-17-19-4-3-7-21(12-19)28(35)36)14-25-27(34)32(29(37)39-25)16-26(33)31-11-10-20-5-1-2-6-22(20)15-31/h1-9,12-14H,10-11,15-17H2,(H,35,36)/b25-14-. The Bertz CT molecular complexity index is 1520. The molecule has 2 aliphatic rings. The first kappa shape index (κ1) is 26.7. The molecule has 2 heterocycles. The quantitative estimate of drug-likeness (QED) is 0.362. The third-order valence-electron chi connectivity index (χ3n) is 6.47. The monoisotopic (exact) mass is 606 g/mol.